The summed E-state index contributed by atoms with van der Waals surface area (Å²) in [6.45, 7) is 3.68. The van der Waals surface area contributed by atoms with Gasteiger partial charge in [0, 0.05) is 9.61 Å². The topological polar surface area (TPSA) is 49.3 Å². The molecular weight excluding hydrogens is 305 g/mol. The van der Waals surface area contributed by atoms with Crippen LogP contribution in [0.15, 0.2) is 18.2 Å². The summed E-state index contributed by atoms with van der Waals surface area (Å²) in [5, 5.41) is 11.6. The zero-order valence-corrected chi connectivity index (χ0v) is 10.9. The number of hydrogen-bond acceptors (Lipinski definition) is 2. The summed E-state index contributed by atoms with van der Waals surface area (Å²) in [6, 6.07) is 5.40. The fraction of sp³-hybridized carbons (Fsp3) is 0.364. The summed E-state index contributed by atoms with van der Waals surface area (Å²) >= 11 is 2.16. The highest BCUT2D eigenvalue weighted by Gasteiger charge is 2.12. The van der Waals surface area contributed by atoms with Gasteiger partial charge in [-0.2, -0.15) is 0 Å². The molecule has 0 aliphatic rings. The van der Waals surface area contributed by atoms with E-state index in [-0.39, 0.29) is 18.6 Å². The predicted octanol–water partition coefficient (Wildman–Crippen LogP) is 1.71. The summed E-state index contributed by atoms with van der Waals surface area (Å²) in [5.41, 5.74) is 1.75. The number of aliphatic hydroxyl groups excluding tert-OH is 1. The van der Waals surface area contributed by atoms with E-state index >= 15 is 0 Å². The molecule has 3 nitrogen and oxygen atoms in total. The summed E-state index contributed by atoms with van der Waals surface area (Å²) in [5.74, 6) is -0.135. The minimum absolute atomic E-state index is 0.0475. The van der Waals surface area contributed by atoms with Crippen molar-refractivity contribution in [3.05, 3.63) is 32.9 Å². The first kappa shape index (κ1) is 12.4. The number of halogens is 1. The predicted molar refractivity (Wildman–Crippen MR) is 67.9 cm³/mol. The molecule has 2 N–H and O–H groups in total. The van der Waals surface area contributed by atoms with E-state index in [1.807, 2.05) is 19.1 Å². The normalized spacial score (nSPS) is 12.3. The molecule has 82 valence electrons. The second-order valence-electron chi connectivity index (χ2n) is 3.49. The van der Waals surface area contributed by atoms with E-state index in [4.69, 9.17) is 5.11 Å². The van der Waals surface area contributed by atoms with Gasteiger partial charge in [-0.25, -0.2) is 0 Å². The van der Waals surface area contributed by atoms with Crippen LogP contribution in [0.5, 0.6) is 0 Å². The first-order chi connectivity index (χ1) is 7.06. The number of carbonyl (C=O) groups is 1. The van der Waals surface area contributed by atoms with E-state index in [9.17, 15) is 4.79 Å². The van der Waals surface area contributed by atoms with Gasteiger partial charge in [-0.1, -0.05) is 12.1 Å². The molecule has 0 bridgehead atoms. The first-order valence-electron chi connectivity index (χ1n) is 4.73. The molecule has 0 aromatic heterocycles. The van der Waals surface area contributed by atoms with E-state index in [1.54, 1.807) is 13.0 Å². The first-order valence-corrected chi connectivity index (χ1v) is 5.81. The number of amides is 1. The van der Waals surface area contributed by atoms with Crippen LogP contribution in [-0.4, -0.2) is 23.7 Å². The van der Waals surface area contributed by atoms with E-state index in [1.165, 1.54) is 0 Å². The van der Waals surface area contributed by atoms with Crippen molar-refractivity contribution in [1.82, 2.24) is 5.32 Å². The molecule has 1 atom stereocenters. The molecule has 1 rings (SSSR count). The van der Waals surface area contributed by atoms with E-state index in [2.05, 4.69) is 27.9 Å². The molecule has 0 heterocycles. The number of aryl methyl sites for hydroxylation is 1. The molecule has 1 unspecified atom stereocenters. The third kappa shape index (κ3) is 3.17. The lowest BCUT2D eigenvalue weighted by Crippen LogP contribution is -2.35. The van der Waals surface area contributed by atoms with Gasteiger partial charge in [-0.05, 0) is 48.1 Å². The minimum Gasteiger partial charge on any atom is -0.394 e. The summed E-state index contributed by atoms with van der Waals surface area (Å²) in [4.78, 5) is 11.8. The summed E-state index contributed by atoms with van der Waals surface area (Å²) in [6.07, 6.45) is 0. The van der Waals surface area contributed by atoms with Crippen molar-refractivity contribution in [3.8, 4) is 0 Å². The lowest BCUT2D eigenvalue weighted by Gasteiger charge is -2.12. The van der Waals surface area contributed by atoms with E-state index in [0.29, 0.717) is 5.56 Å². The fourth-order valence-corrected chi connectivity index (χ4v) is 1.77. The van der Waals surface area contributed by atoms with Crippen LogP contribution in [0.3, 0.4) is 0 Å². The van der Waals surface area contributed by atoms with Crippen LogP contribution in [0.4, 0.5) is 0 Å². The largest absolute Gasteiger partial charge is 0.394 e. The van der Waals surface area contributed by atoms with Crippen molar-refractivity contribution in [2.45, 2.75) is 19.9 Å². The van der Waals surface area contributed by atoms with Crippen molar-refractivity contribution in [3.63, 3.8) is 0 Å². The van der Waals surface area contributed by atoms with Crippen molar-refractivity contribution in [2.75, 3.05) is 6.61 Å². The molecule has 15 heavy (non-hydrogen) atoms. The number of nitrogens with one attached hydrogen (secondary N) is 1. The highest BCUT2D eigenvalue weighted by atomic mass is 127. The Morgan fingerprint density at radius 1 is 1.60 bits per heavy atom. The smallest absolute Gasteiger partial charge is 0.252 e. The molecule has 0 spiro atoms. The average molecular weight is 319 g/mol. The van der Waals surface area contributed by atoms with Gasteiger partial charge < -0.3 is 10.4 Å². The Balaban J connectivity index is 2.87. The number of rotatable bonds is 3. The molecule has 1 aromatic carbocycles. The number of hydrogen-bond donors (Lipinski definition) is 2. The Hall–Kier alpha value is -0.620. The lowest BCUT2D eigenvalue weighted by molar-refractivity contribution is 0.0921. The average Bonchev–Trinajstić information content (AvgIpc) is 2.21. The standard InChI is InChI=1S/C11H14INO2/c1-7-4-3-5-9(10(7)12)11(15)13-8(2)6-14/h3-5,8,14H,6H2,1-2H3,(H,13,15). The van der Waals surface area contributed by atoms with Gasteiger partial charge in [-0.15, -0.1) is 0 Å². The highest BCUT2D eigenvalue weighted by Crippen LogP contribution is 2.16. The third-order valence-corrected chi connectivity index (χ3v) is 3.52. The quantitative estimate of drug-likeness (QED) is 0.834. The van der Waals surface area contributed by atoms with E-state index < -0.39 is 0 Å². The maximum atomic E-state index is 11.8. The van der Waals surface area contributed by atoms with Gasteiger partial charge >= 0.3 is 0 Å². The molecule has 0 fully saturated rings. The van der Waals surface area contributed by atoms with Crippen LogP contribution in [-0.2, 0) is 0 Å². The van der Waals surface area contributed by atoms with Crippen LogP contribution in [0, 0.1) is 10.5 Å². The molecule has 0 saturated carbocycles. The Kier molecular flexibility index (Phi) is 4.53. The maximum Gasteiger partial charge on any atom is 0.252 e. The van der Waals surface area contributed by atoms with Gasteiger partial charge in [0.2, 0.25) is 0 Å². The van der Waals surface area contributed by atoms with Crippen molar-refractivity contribution < 1.29 is 9.90 Å². The van der Waals surface area contributed by atoms with E-state index in [0.717, 1.165) is 9.13 Å². The zero-order valence-electron chi connectivity index (χ0n) is 8.75. The van der Waals surface area contributed by atoms with Crippen LogP contribution >= 0.6 is 22.6 Å². The van der Waals surface area contributed by atoms with Crippen LogP contribution < -0.4 is 5.32 Å². The minimum atomic E-state index is -0.214. The highest BCUT2D eigenvalue weighted by molar-refractivity contribution is 14.1. The molecule has 1 amide bonds. The third-order valence-electron chi connectivity index (χ3n) is 2.09. The van der Waals surface area contributed by atoms with Gasteiger partial charge in [0.1, 0.15) is 0 Å². The van der Waals surface area contributed by atoms with Crippen molar-refractivity contribution in [2.24, 2.45) is 0 Å². The summed E-state index contributed by atoms with van der Waals surface area (Å²) < 4.78 is 0.956. The fourth-order valence-electron chi connectivity index (χ4n) is 1.17. The second-order valence-corrected chi connectivity index (χ2v) is 4.57. The number of carbonyl (C=O) groups excluding carboxylic acids is 1. The summed E-state index contributed by atoms with van der Waals surface area (Å²) in [7, 11) is 0. The van der Waals surface area contributed by atoms with Crippen LogP contribution in [0.25, 0.3) is 0 Å². The molecule has 0 radical (unpaired) electrons. The van der Waals surface area contributed by atoms with Crippen molar-refractivity contribution >= 4 is 28.5 Å². The maximum absolute atomic E-state index is 11.8. The second kappa shape index (κ2) is 5.46. The Morgan fingerprint density at radius 3 is 2.87 bits per heavy atom. The Bertz CT molecular complexity index is 366. The number of benzene rings is 1. The van der Waals surface area contributed by atoms with Crippen molar-refractivity contribution in [1.29, 1.82) is 0 Å². The van der Waals surface area contributed by atoms with Gasteiger partial charge in [0.15, 0.2) is 0 Å². The lowest BCUT2D eigenvalue weighted by atomic mass is 10.1. The van der Waals surface area contributed by atoms with Gasteiger partial charge in [0.25, 0.3) is 5.91 Å². The van der Waals surface area contributed by atoms with Crippen LogP contribution in [0.1, 0.15) is 22.8 Å². The monoisotopic (exact) mass is 319 g/mol. The van der Waals surface area contributed by atoms with Gasteiger partial charge in [-0.3, -0.25) is 4.79 Å². The van der Waals surface area contributed by atoms with Crippen LogP contribution in [0.2, 0.25) is 0 Å². The molecular formula is C11H14INO2. The molecule has 0 aliphatic carbocycles. The Morgan fingerprint density at radius 2 is 2.27 bits per heavy atom. The SMILES string of the molecule is Cc1cccc(C(=O)NC(C)CO)c1I. The molecule has 4 heteroatoms. The molecule has 1 aromatic rings. The van der Waals surface area contributed by atoms with Gasteiger partial charge in [0.05, 0.1) is 12.2 Å². The Labute approximate surface area is 103 Å². The molecule has 0 saturated heterocycles. The number of aliphatic hydroxyl groups is 1. The molecule has 0 aliphatic heterocycles. The zero-order chi connectivity index (χ0) is 11.4.